The van der Waals surface area contributed by atoms with Crippen LogP contribution in [0.15, 0.2) is 0 Å². The molecule has 0 saturated heterocycles. The Hall–Kier alpha value is -2.69. The van der Waals surface area contributed by atoms with Crippen LogP contribution in [-0.2, 0) is 24.0 Å². The van der Waals surface area contributed by atoms with Gasteiger partial charge in [0.2, 0.25) is 23.6 Å². The Kier molecular flexibility index (Phi) is 10.9. The van der Waals surface area contributed by atoms with E-state index in [0.717, 1.165) is 0 Å². The van der Waals surface area contributed by atoms with Crippen molar-refractivity contribution in [1.82, 2.24) is 16.0 Å². The smallest absolute Gasteiger partial charge is 0.325 e. The van der Waals surface area contributed by atoms with E-state index >= 15 is 0 Å². The standard InChI is InChI=1S/C18H33N5O6/c1-8(2)13(20)16(26)22-11(6-7-12(19)24)15(25)23-14(9(3)4)17(27)21-10(5)18(28)29/h8-11,13-14H,6-7,20H2,1-5H3,(H2,19,24)(H,21,27)(H,22,26)(H,23,25)(H,28,29). The first-order valence-corrected chi connectivity index (χ1v) is 9.45. The Morgan fingerprint density at radius 1 is 0.828 bits per heavy atom. The summed E-state index contributed by atoms with van der Waals surface area (Å²) in [5, 5.41) is 16.2. The molecule has 4 atom stereocenters. The minimum atomic E-state index is -1.22. The minimum absolute atomic E-state index is 0.0737. The van der Waals surface area contributed by atoms with Gasteiger partial charge in [-0.3, -0.25) is 24.0 Å². The molecule has 11 heteroatoms. The second-order valence-electron chi connectivity index (χ2n) is 7.63. The molecule has 0 rings (SSSR count). The lowest BCUT2D eigenvalue weighted by molar-refractivity contribution is -0.142. The van der Waals surface area contributed by atoms with Gasteiger partial charge in [-0.1, -0.05) is 27.7 Å². The van der Waals surface area contributed by atoms with Crippen molar-refractivity contribution in [2.24, 2.45) is 23.3 Å². The maximum atomic E-state index is 12.7. The minimum Gasteiger partial charge on any atom is -0.480 e. The molecule has 0 aromatic heterocycles. The van der Waals surface area contributed by atoms with E-state index < -0.39 is 53.8 Å². The van der Waals surface area contributed by atoms with Crippen molar-refractivity contribution in [2.75, 3.05) is 0 Å². The number of hydrogen-bond acceptors (Lipinski definition) is 6. The van der Waals surface area contributed by atoms with Crippen LogP contribution >= 0.6 is 0 Å². The van der Waals surface area contributed by atoms with Gasteiger partial charge in [0.1, 0.15) is 18.1 Å². The SMILES string of the molecule is CC(NC(=O)C(NC(=O)C(CCC(N)=O)NC(=O)C(N)C(C)C)C(C)C)C(=O)O. The maximum absolute atomic E-state index is 12.7. The Balaban J connectivity index is 5.35. The highest BCUT2D eigenvalue weighted by Crippen LogP contribution is 2.07. The summed E-state index contributed by atoms with van der Waals surface area (Å²) in [6, 6.07) is -4.18. The molecule has 0 fully saturated rings. The number of aliphatic carboxylic acids is 1. The number of primary amides is 1. The van der Waals surface area contributed by atoms with E-state index in [-0.39, 0.29) is 24.7 Å². The molecule has 166 valence electrons. The summed E-state index contributed by atoms with van der Waals surface area (Å²) in [4.78, 5) is 59.4. The van der Waals surface area contributed by atoms with Crippen molar-refractivity contribution >= 4 is 29.6 Å². The lowest BCUT2D eigenvalue weighted by Gasteiger charge is -2.27. The predicted octanol–water partition coefficient (Wildman–Crippen LogP) is -1.55. The number of carboxylic acid groups (broad SMARTS) is 1. The molecule has 0 heterocycles. The Labute approximate surface area is 170 Å². The number of carbonyl (C=O) groups excluding carboxylic acids is 4. The van der Waals surface area contributed by atoms with Gasteiger partial charge in [-0.2, -0.15) is 0 Å². The zero-order valence-corrected chi connectivity index (χ0v) is 17.5. The second-order valence-corrected chi connectivity index (χ2v) is 7.63. The lowest BCUT2D eigenvalue weighted by Crippen LogP contribution is -2.58. The van der Waals surface area contributed by atoms with Gasteiger partial charge < -0.3 is 32.5 Å². The zero-order valence-electron chi connectivity index (χ0n) is 17.5. The molecule has 29 heavy (non-hydrogen) atoms. The molecule has 0 saturated carbocycles. The summed E-state index contributed by atoms with van der Waals surface area (Å²) < 4.78 is 0. The second kappa shape index (κ2) is 12.0. The fourth-order valence-corrected chi connectivity index (χ4v) is 2.28. The molecule has 0 aromatic rings. The van der Waals surface area contributed by atoms with E-state index in [1.165, 1.54) is 6.92 Å². The van der Waals surface area contributed by atoms with Gasteiger partial charge in [0.05, 0.1) is 6.04 Å². The third kappa shape index (κ3) is 9.37. The van der Waals surface area contributed by atoms with Crippen molar-refractivity contribution < 1.29 is 29.1 Å². The molecule has 4 amide bonds. The van der Waals surface area contributed by atoms with E-state index in [0.29, 0.717) is 0 Å². The maximum Gasteiger partial charge on any atom is 0.325 e. The third-order valence-electron chi connectivity index (χ3n) is 4.31. The molecular formula is C18H33N5O6. The molecule has 0 spiro atoms. The van der Waals surface area contributed by atoms with Crippen LogP contribution in [-0.4, -0.2) is 58.9 Å². The van der Waals surface area contributed by atoms with E-state index in [4.69, 9.17) is 16.6 Å². The molecule has 0 aromatic carbocycles. The fraction of sp³-hybridized carbons (Fsp3) is 0.722. The van der Waals surface area contributed by atoms with Crippen molar-refractivity contribution in [3.8, 4) is 0 Å². The Morgan fingerprint density at radius 3 is 1.79 bits per heavy atom. The number of rotatable bonds is 12. The topological polar surface area (TPSA) is 194 Å². The van der Waals surface area contributed by atoms with Gasteiger partial charge in [-0.05, 0) is 25.2 Å². The first kappa shape index (κ1) is 26.3. The predicted molar refractivity (Wildman–Crippen MR) is 105 cm³/mol. The summed E-state index contributed by atoms with van der Waals surface area (Å²) in [6.45, 7) is 8.11. The van der Waals surface area contributed by atoms with E-state index in [9.17, 15) is 24.0 Å². The Morgan fingerprint density at radius 2 is 1.38 bits per heavy atom. The zero-order chi connectivity index (χ0) is 22.9. The highest BCUT2D eigenvalue weighted by Gasteiger charge is 2.31. The van der Waals surface area contributed by atoms with E-state index in [2.05, 4.69) is 16.0 Å². The molecule has 8 N–H and O–H groups in total. The average Bonchev–Trinajstić information content (AvgIpc) is 2.60. The summed E-state index contributed by atoms with van der Waals surface area (Å²) in [7, 11) is 0. The first-order chi connectivity index (χ1) is 13.3. The van der Waals surface area contributed by atoms with E-state index in [1.54, 1.807) is 27.7 Å². The third-order valence-corrected chi connectivity index (χ3v) is 4.31. The normalized spacial score (nSPS) is 15.2. The van der Waals surface area contributed by atoms with Gasteiger partial charge >= 0.3 is 5.97 Å². The van der Waals surface area contributed by atoms with Crippen LogP contribution in [0.25, 0.3) is 0 Å². The molecule has 4 unspecified atom stereocenters. The van der Waals surface area contributed by atoms with Crippen molar-refractivity contribution in [2.45, 2.75) is 71.6 Å². The highest BCUT2D eigenvalue weighted by molar-refractivity contribution is 5.94. The quantitative estimate of drug-likeness (QED) is 0.222. The van der Waals surface area contributed by atoms with Crippen LogP contribution in [0.2, 0.25) is 0 Å². The van der Waals surface area contributed by atoms with Gasteiger partial charge in [0, 0.05) is 6.42 Å². The van der Waals surface area contributed by atoms with Crippen LogP contribution in [0.5, 0.6) is 0 Å². The van der Waals surface area contributed by atoms with Crippen LogP contribution < -0.4 is 27.4 Å². The van der Waals surface area contributed by atoms with Crippen LogP contribution in [0.3, 0.4) is 0 Å². The molecule has 0 aliphatic carbocycles. The summed E-state index contributed by atoms with van der Waals surface area (Å²) in [5.74, 6) is -4.38. The van der Waals surface area contributed by atoms with Crippen LogP contribution in [0.1, 0.15) is 47.5 Å². The number of nitrogens with two attached hydrogens (primary N) is 2. The van der Waals surface area contributed by atoms with E-state index in [1.807, 2.05) is 0 Å². The highest BCUT2D eigenvalue weighted by atomic mass is 16.4. The van der Waals surface area contributed by atoms with Gasteiger partial charge in [0.15, 0.2) is 0 Å². The van der Waals surface area contributed by atoms with Crippen molar-refractivity contribution in [3.63, 3.8) is 0 Å². The molecular weight excluding hydrogens is 382 g/mol. The van der Waals surface area contributed by atoms with Crippen LogP contribution in [0, 0.1) is 11.8 Å². The van der Waals surface area contributed by atoms with Crippen LogP contribution in [0.4, 0.5) is 0 Å². The average molecular weight is 415 g/mol. The fourth-order valence-electron chi connectivity index (χ4n) is 2.28. The lowest BCUT2D eigenvalue weighted by atomic mass is 10.0. The molecule has 0 aliphatic heterocycles. The van der Waals surface area contributed by atoms with Gasteiger partial charge in [-0.25, -0.2) is 0 Å². The summed E-state index contributed by atoms with van der Waals surface area (Å²) >= 11 is 0. The molecule has 11 nitrogen and oxygen atoms in total. The summed E-state index contributed by atoms with van der Waals surface area (Å²) in [6.07, 6.45) is -0.237. The van der Waals surface area contributed by atoms with Gasteiger partial charge in [-0.15, -0.1) is 0 Å². The number of hydrogen-bond donors (Lipinski definition) is 6. The molecule has 0 aliphatic rings. The summed E-state index contributed by atoms with van der Waals surface area (Å²) in [5.41, 5.74) is 10.9. The van der Waals surface area contributed by atoms with Crippen molar-refractivity contribution in [3.05, 3.63) is 0 Å². The molecule has 0 bridgehead atoms. The van der Waals surface area contributed by atoms with Gasteiger partial charge in [0.25, 0.3) is 0 Å². The number of carbonyl (C=O) groups is 5. The number of amides is 4. The number of nitrogens with one attached hydrogen (secondary N) is 3. The monoisotopic (exact) mass is 415 g/mol. The molecule has 0 radical (unpaired) electrons. The first-order valence-electron chi connectivity index (χ1n) is 9.45. The van der Waals surface area contributed by atoms with Crippen molar-refractivity contribution in [1.29, 1.82) is 0 Å². The largest absolute Gasteiger partial charge is 0.480 e. The Bertz CT molecular complexity index is 622. The number of carboxylic acids is 1.